The zero-order valence-electron chi connectivity index (χ0n) is 21.2. The molecule has 0 unspecified atom stereocenters. The maximum Gasteiger partial charge on any atom is 0.257 e. The molecule has 1 amide bonds. The number of hydrogen-bond acceptors (Lipinski definition) is 8. The summed E-state index contributed by atoms with van der Waals surface area (Å²) in [6.45, 7) is 7.25. The summed E-state index contributed by atoms with van der Waals surface area (Å²) in [6, 6.07) is 8.27. The normalized spacial score (nSPS) is 11.7. The van der Waals surface area contributed by atoms with Crippen LogP contribution in [0.15, 0.2) is 49.1 Å². The minimum Gasteiger partial charge on any atom is -0.488 e. The predicted octanol–water partition coefficient (Wildman–Crippen LogP) is 4.60. The maximum atomic E-state index is 14.7. The zero-order valence-corrected chi connectivity index (χ0v) is 21.2. The van der Waals surface area contributed by atoms with Crippen molar-refractivity contribution in [2.24, 2.45) is 0 Å². The average Bonchev–Trinajstić information content (AvgIpc) is 2.92. The Labute approximate surface area is 214 Å². The predicted molar refractivity (Wildman–Crippen MR) is 140 cm³/mol. The Hall–Kier alpha value is -4.34. The van der Waals surface area contributed by atoms with Crippen LogP contribution in [-0.4, -0.2) is 52.6 Å². The van der Waals surface area contributed by atoms with E-state index in [-0.39, 0.29) is 22.8 Å². The largest absolute Gasteiger partial charge is 0.488 e. The van der Waals surface area contributed by atoms with Crippen molar-refractivity contribution in [2.75, 3.05) is 32.1 Å². The number of pyridine rings is 2. The van der Waals surface area contributed by atoms with Gasteiger partial charge in [0.2, 0.25) is 0 Å². The van der Waals surface area contributed by atoms with Gasteiger partial charge in [0.05, 0.1) is 30.0 Å². The topological polar surface area (TPSA) is 111 Å². The van der Waals surface area contributed by atoms with E-state index in [9.17, 15) is 9.18 Å². The number of aromatic nitrogens is 4. The van der Waals surface area contributed by atoms with Gasteiger partial charge in [-0.3, -0.25) is 9.78 Å². The van der Waals surface area contributed by atoms with Crippen molar-refractivity contribution in [3.63, 3.8) is 0 Å². The van der Waals surface area contributed by atoms with Crippen LogP contribution in [0.2, 0.25) is 0 Å². The molecule has 0 spiro atoms. The Morgan fingerprint density at radius 3 is 2.62 bits per heavy atom. The lowest BCUT2D eigenvalue weighted by atomic mass is 9.95. The van der Waals surface area contributed by atoms with Gasteiger partial charge in [-0.2, -0.15) is 0 Å². The van der Waals surface area contributed by atoms with Gasteiger partial charge in [-0.25, -0.2) is 19.3 Å². The molecule has 0 saturated carbocycles. The molecule has 2 N–H and O–H groups in total. The van der Waals surface area contributed by atoms with Crippen molar-refractivity contribution in [3.8, 4) is 22.9 Å². The summed E-state index contributed by atoms with van der Waals surface area (Å²) in [4.78, 5) is 29.8. The number of amides is 1. The van der Waals surface area contributed by atoms with Crippen LogP contribution >= 0.6 is 0 Å². The highest BCUT2D eigenvalue weighted by Crippen LogP contribution is 2.31. The second-order valence-corrected chi connectivity index (χ2v) is 8.26. The van der Waals surface area contributed by atoms with Crippen LogP contribution in [-0.2, 0) is 0 Å². The molecule has 192 valence electrons. The Morgan fingerprint density at radius 2 is 1.86 bits per heavy atom. The molecule has 10 heteroatoms. The molecule has 3 heterocycles. The second-order valence-electron chi connectivity index (χ2n) is 8.26. The number of carbonyl (C=O) groups excluding carboxylic acids is 1. The first-order valence-corrected chi connectivity index (χ1v) is 12.1. The van der Waals surface area contributed by atoms with Gasteiger partial charge >= 0.3 is 0 Å². The molecule has 0 aliphatic carbocycles. The smallest absolute Gasteiger partial charge is 0.257 e. The van der Waals surface area contributed by atoms with Crippen LogP contribution in [0.4, 0.5) is 10.2 Å². The van der Waals surface area contributed by atoms with Gasteiger partial charge in [0.15, 0.2) is 5.75 Å². The number of carbonyl (C=O) groups is 1. The molecule has 0 bridgehead atoms. The van der Waals surface area contributed by atoms with E-state index in [2.05, 4.69) is 30.6 Å². The van der Waals surface area contributed by atoms with Crippen LogP contribution in [0.25, 0.3) is 22.2 Å². The quantitative estimate of drug-likeness (QED) is 0.322. The molecule has 0 radical (unpaired) electrons. The highest BCUT2D eigenvalue weighted by Gasteiger charge is 2.19. The number of rotatable bonds is 10. The van der Waals surface area contributed by atoms with E-state index in [1.165, 1.54) is 31.7 Å². The van der Waals surface area contributed by atoms with Gasteiger partial charge in [-0.1, -0.05) is 13.0 Å². The summed E-state index contributed by atoms with van der Waals surface area (Å²) < 4.78 is 25.9. The third-order valence-electron chi connectivity index (χ3n) is 5.83. The summed E-state index contributed by atoms with van der Waals surface area (Å²) in [7, 11) is 1.51. The van der Waals surface area contributed by atoms with E-state index in [0.29, 0.717) is 48.4 Å². The van der Waals surface area contributed by atoms with Crippen LogP contribution < -0.4 is 20.1 Å². The number of ether oxygens (including phenoxy) is 2. The summed E-state index contributed by atoms with van der Waals surface area (Å²) in [6.07, 6.45) is 4.68. The monoisotopic (exact) mass is 504 g/mol. The molecule has 0 saturated heterocycles. The fourth-order valence-corrected chi connectivity index (χ4v) is 4.02. The van der Waals surface area contributed by atoms with Crippen molar-refractivity contribution >= 4 is 22.6 Å². The van der Waals surface area contributed by atoms with Crippen LogP contribution in [0.3, 0.4) is 0 Å². The number of nitrogens with one attached hydrogen (secondary N) is 2. The Balaban J connectivity index is 1.56. The van der Waals surface area contributed by atoms with Crippen LogP contribution in [0.1, 0.15) is 42.6 Å². The molecule has 9 nitrogen and oxygen atoms in total. The van der Waals surface area contributed by atoms with Gasteiger partial charge in [0, 0.05) is 48.9 Å². The molecule has 3 aromatic heterocycles. The highest BCUT2D eigenvalue weighted by atomic mass is 19.1. The molecule has 1 aromatic carbocycles. The minimum absolute atomic E-state index is 0.0642. The number of nitrogens with zero attached hydrogens (tertiary/aromatic N) is 4. The summed E-state index contributed by atoms with van der Waals surface area (Å²) in [5.74, 6) is 0.699. The molecule has 4 aromatic rings. The van der Waals surface area contributed by atoms with Crippen molar-refractivity contribution in [2.45, 2.75) is 26.7 Å². The number of benzene rings is 1. The maximum absolute atomic E-state index is 14.7. The SMILES string of the molecule is CCOc1cc(-c2cc(NC[C@@H](C)c3ccc(F)c4c(C(=O)NC)ccnc34)ncn2)cnc1OCC. The number of fused-ring (bicyclic) bond motifs is 1. The summed E-state index contributed by atoms with van der Waals surface area (Å²) in [5, 5.41) is 6.09. The fraction of sp³-hybridized carbons (Fsp3) is 0.296. The number of halogens is 1. The minimum atomic E-state index is -0.485. The molecule has 1 atom stereocenters. The van der Waals surface area contributed by atoms with Crippen LogP contribution in [0.5, 0.6) is 11.6 Å². The summed E-state index contributed by atoms with van der Waals surface area (Å²) in [5.41, 5.74) is 2.97. The third-order valence-corrected chi connectivity index (χ3v) is 5.83. The number of hydrogen-bond donors (Lipinski definition) is 2. The first kappa shape index (κ1) is 25.7. The molecule has 37 heavy (non-hydrogen) atoms. The molecule has 4 rings (SSSR count). The highest BCUT2D eigenvalue weighted by molar-refractivity contribution is 6.06. The lowest BCUT2D eigenvalue weighted by Gasteiger charge is -2.17. The van der Waals surface area contributed by atoms with Crippen molar-refractivity contribution in [3.05, 3.63) is 66.0 Å². The number of anilines is 1. The van der Waals surface area contributed by atoms with Gasteiger partial charge < -0.3 is 20.1 Å². The van der Waals surface area contributed by atoms with Gasteiger partial charge in [-0.05, 0) is 37.6 Å². The van der Waals surface area contributed by atoms with E-state index in [1.54, 1.807) is 12.3 Å². The first-order valence-electron chi connectivity index (χ1n) is 12.1. The Kier molecular flexibility index (Phi) is 8.07. The Morgan fingerprint density at radius 1 is 1.05 bits per heavy atom. The Bertz CT molecular complexity index is 1410. The van der Waals surface area contributed by atoms with E-state index in [0.717, 1.165) is 11.1 Å². The van der Waals surface area contributed by atoms with E-state index >= 15 is 0 Å². The molecule has 0 fully saturated rings. The van der Waals surface area contributed by atoms with E-state index in [1.807, 2.05) is 32.9 Å². The van der Waals surface area contributed by atoms with Gasteiger partial charge in [0.1, 0.15) is 18.0 Å². The fourth-order valence-electron chi connectivity index (χ4n) is 4.02. The summed E-state index contributed by atoms with van der Waals surface area (Å²) >= 11 is 0. The van der Waals surface area contributed by atoms with Gasteiger partial charge in [0.25, 0.3) is 11.8 Å². The average molecular weight is 505 g/mol. The second kappa shape index (κ2) is 11.6. The van der Waals surface area contributed by atoms with Crippen LogP contribution in [0, 0.1) is 5.82 Å². The molecule has 0 aliphatic rings. The van der Waals surface area contributed by atoms with Crippen molar-refractivity contribution in [1.29, 1.82) is 0 Å². The lowest BCUT2D eigenvalue weighted by molar-refractivity contribution is 0.0964. The molecular weight excluding hydrogens is 475 g/mol. The first-order chi connectivity index (χ1) is 18.0. The standard InChI is InChI=1S/C27H29FN6O3/c1-5-36-22-11-17(14-32-27(22)37-6-2)21-12-23(34-15-33-21)31-13-16(3)18-7-8-20(28)24-19(26(35)29-4)9-10-30-25(18)24/h7-12,14-16H,5-6,13H2,1-4H3,(H,29,35)(H,31,33,34)/t16-/m1/s1. The zero-order chi connectivity index (χ0) is 26.4. The molecule has 0 aliphatic heterocycles. The van der Waals surface area contributed by atoms with E-state index < -0.39 is 5.82 Å². The van der Waals surface area contributed by atoms with Gasteiger partial charge in [-0.15, -0.1) is 0 Å². The van der Waals surface area contributed by atoms with Crippen molar-refractivity contribution in [1.82, 2.24) is 25.3 Å². The van der Waals surface area contributed by atoms with E-state index in [4.69, 9.17) is 9.47 Å². The molecular formula is C27H29FN6O3. The third kappa shape index (κ3) is 5.58. The lowest BCUT2D eigenvalue weighted by Crippen LogP contribution is -2.19. The van der Waals surface area contributed by atoms with Crippen molar-refractivity contribution < 1.29 is 18.7 Å².